The molecule has 0 heterocycles. The maximum absolute atomic E-state index is 12.6. The standard InChI is InChI=1S/C25H18Br2Cl2N2O2/c1-14-3-6-20(7-15(14)2)31-25(32)18(12-30)8-16-9-21(26)24(22(27)10-16)33-13-17-4-5-19(28)11-23(17)29/h3-11H,13H2,1-2H3,(H,31,32)/b18-8+. The van der Waals surface area contributed by atoms with E-state index in [1.165, 1.54) is 6.08 Å². The van der Waals surface area contributed by atoms with Gasteiger partial charge in [-0.15, -0.1) is 0 Å². The summed E-state index contributed by atoms with van der Waals surface area (Å²) in [4.78, 5) is 12.6. The van der Waals surface area contributed by atoms with Gasteiger partial charge in [0.1, 0.15) is 24.0 Å². The Balaban J connectivity index is 1.78. The molecule has 0 spiro atoms. The van der Waals surface area contributed by atoms with Crippen molar-refractivity contribution >= 4 is 72.7 Å². The Morgan fingerprint density at radius 3 is 2.36 bits per heavy atom. The molecule has 0 aliphatic rings. The number of ether oxygens (including phenoxy) is 1. The van der Waals surface area contributed by atoms with E-state index in [0.717, 1.165) is 16.7 Å². The van der Waals surface area contributed by atoms with Gasteiger partial charge in [0.2, 0.25) is 0 Å². The van der Waals surface area contributed by atoms with Gasteiger partial charge in [0.15, 0.2) is 0 Å². The minimum absolute atomic E-state index is 0.0198. The molecule has 0 aromatic heterocycles. The van der Waals surface area contributed by atoms with E-state index in [1.807, 2.05) is 38.1 Å². The summed E-state index contributed by atoms with van der Waals surface area (Å²) < 4.78 is 7.23. The van der Waals surface area contributed by atoms with Gasteiger partial charge in [0, 0.05) is 21.3 Å². The van der Waals surface area contributed by atoms with Gasteiger partial charge in [0.05, 0.1) is 8.95 Å². The maximum atomic E-state index is 12.6. The molecule has 1 N–H and O–H groups in total. The summed E-state index contributed by atoms with van der Waals surface area (Å²) in [5.41, 5.74) is 4.24. The predicted molar refractivity (Wildman–Crippen MR) is 141 cm³/mol. The predicted octanol–water partition coefficient (Wildman–Crippen LogP) is 8.26. The molecule has 0 atom stereocenters. The van der Waals surface area contributed by atoms with Crippen LogP contribution in [0.1, 0.15) is 22.3 Å². The first-order chi connectivity index (χ1) is 15.7. The van der Waals surface area contributed by atoms with Gasteiger partial charge in [-0.2, -0.15) is 5.26 Å². The Labute approximate surface area is 219 Å². The van der Waals surface area contributed by atoms with Crippen LogP contribution in [-0.2, 0) is 11.4 Å². The fraction of sp³-hybridized carbons (Fsp3) is 0.120. The van der Waals surface area contributed by atoms with Crippen LogP contribution < -0.4 is 10.1 Å². The molecule has 0 bridgehead atoms. The van der Waals surface area contributed by atoms with Crippen LogP contribution in [-0.4, -0.2) is 5.91 Å². The normalized spacial score (nSPS) is 11.1. The summed E-state index contributed by atoms with van der Waals surface area (Å²) in [5, 5.41) is 13.4. The molecule has 8 heteroatoms. The van der Waals surface area contributed by atoms with Gasteiger partial charge in [-0.3, -0.25) is 4.79 Å². The van der Waals surface area contributed by atoms with Gasteiger partial charge in [-0.05, 0) is 105 Å². The van der Waals surface area contributed by atoms with E-state index >= 15 is 0 Å². The number of hydrogen-bond acceptors (Lipinski definition) is 3. The summed E-state index contributed by atoms with van der Waals surface area (Å²) in [6.07, 6.45) is 1.52. The van der Waals surface area contributed by atoms with Gasteiger partial charge in [-0.1, -0.05) is 35.3 Å². The second kappa shape index (κ2) is 11.2. The van der Waals surface area contributed by atoms with Crippen LogP contribution in [0.15, 0.2) is 63.0 Å². The number of nitrogens with zero attached hydrogens (tertiary/aromatic N) is 1. The third-order valence-electron chi connectivity index (χ3n) is 4.85. The molecule has 3 aromatic rings. The van der Waals surface area contributed by atoms with Gasteiger partial charge in [0.25, 0.3) is 5.91 Å². The largest absolute Gasteiger partial charge is 0.486 e. The molecule has 3 rings (SSSR count). The van der Waals surface area contributed by atoms with Crippen LogP contribution in [0.2, 0.25) is 10.0 Å². The Morgan fingerprint density at radius 2 is 1.76 bits per heavy atom. The fourth-order valence-electron chi connectivity index (χ4n) is 2.92. The van der Waals surface area contributed by atoms with E-state index in [1.54, 1.807) is 30.3 Å². The number of benzene rings is 3. The number of carbonyl (C=O) groups excluding carboxylic acids is 1. The van der Waals surface area contributed by atoms with Crippen molar-refractivity contribution in [3.05, 3.63) is 95.3 Å². The number of nitrogens with one attached hydrogen (secondary N) is 1. The van der Waals surface area contributed by atoms with Crippen molar-refractivity contribution in [3.8, 4) is 11.8 Å². The molecular weight excluding hydrogens is 591 g/mol. The first kappa shape index (κ1) is 25.3. The molecule has 0 saturated heterocycles. The molecule has 33 heavy (non-hydrogen) atoms. The molecule has 0 radical (unpaired) electrons. The van der Waals surface area contributed by atoms with Crippen LogP contribution in [0.25, 0.3) is 6.08 Å². The van der Waals surface area contributed by atoms with Crippen LogP contribution in [0.4, 0.5) is 5.69 Å². The van der Waals surface area contributed by atoms with E-state index in [0.29, 0.717) is 36.0 Å². The molecule has 4 nitrogen and oxygen atoms in total. The van der Waals surface area contributed by atoms with Crippen molar-refractivity contribution in [1.82, 2.24) is 0 Å². The zero-order chi connectivity index (χ0) is 24.1. The quantitative estimate of drug-likeness (QED) is 0.226. The molecule has 0 fully saturated rings. The highest BCUT2D eigenvalue weighted by molar-refractivity contribution is 9.11. The second-order valence-corrected chi connectivity index (χ2v) is 9.81. The summed E-state index contributed by atoms with van der Waals surface area (Å²) in [6.45, 7) is 4.20. The minimum Gasteiger partial charge on any atom is -0.486 e. The zero-order valence-corrected chi connectivity index (χ0v) is 22.4. The smallest absolute Gasteiger partial charge is 0.266 e. The van der Waals surface area contributed by atoms with Crippen molar-refractivity contribution in [3.63, 3.8) is 0 Å². The molecule has 0 saturated carbocycles. The average molecular weight is 609 g/mol. The van der Waals surface area contributed by atoms with Crippen LogP contribution in [0.5, 0.6) is 5.75 Å². The second-order valence-electron chi connectivity index (χ2n) is 7.26. The lowest BCUT2D eigenvalue weighted by molar-refractivity contribution is -0.112. The summed E-state index contributed by atoms with van der Waals surface area (Å²) in [7, 11) is 0. The molecule has 0 aliphatic carbocycles. The topological polar surface area (TPSA) is 62.1 Å². The number of amides is 1. The highest BCUT2D eigenvalue weighted by atomic mass is 79.9. The molecule has 0 unspecified atom stereocenters. The SMILES string of the molecule is Cc1ccc(NC(=O)/C(C#N)=C/c2cc(Br)c(OCc3ccc(Cl)cc3Cl)c(Br)c2)cc1C. The van der Waals surface area contributed by atoms with Gasteiger partial charge < -0.3 is 10.1 Å². The van der Waals surface area contributed by atoms with E-state index in [9.17, 15) is 10.1 Å². The highest BCUT2D eigenvalue weighted by Gasteiger charge is 2.14. The van der Waals surface area contributed by atoms with Crippen LogP contribution in [0, 0.1) is 25.2 Å². The van der Waals surface area contributed by atoms with Crippen molar-refractivity contribution in [2.45, 2.75) is 20.5 Å². The molecular formula is C25H18Br2Cl2N2O2. The Hall–Kier alpha value is -2.30. The van der Waals surface area contributed by atoms with Crippen molar-refractivity contribution in [1.29, 1.82) is 5.26 Å². The first-order valence-electron chi connectivity index (χ1n) is 9.74. The molecule has 168 valence electrons. The van der Waals surface area contributed by atoms with E-state index in [2.05, 4.69) is 37.2 Å². The number of carbonyl (C=O) groups is 1. The highest BCUT2D eigenvalue weighted by Crippen LogP contribution is 2.36. The minimum atomic E-state index is -0.481. The van der Waals surface area contributed by atoms with Crippen molar-refractivity contribution in [2.75, 3.05) is 5.32 Å². The number of aryl methyl sites for hydroxylation is 2. The zero-order valence-electron chi connectivity index (χ0n) is 17.7. The van der Waals surface area contributed by atoms with E-state index in [-0.39, 0.29) is 12.2 Å². The molecule has 3 aromatic carbocycles. The lowest BCUT2D eigenvalue weighted by atomic mass is 10.1. The number of rotatable bonds is 6. The first-order valence-corrected chi connectivity index (χ1v) is 12.1. The van der Waals surface area contributed by atoms with E-state index in [4.69, 9.17) is 27.9 Å². The Morgan fingerprint density at radius 1 is 1.06 bits per heavy atom. The number of hydrogen-bond donors (Lipinski definition) is 1. The lowest BCUT2D eigenvalue weighted by Gasteiger charge is -2.13. The fourth-order valence-corrected chi connectivity index (χ4v) is 4.84. The average Bonchev–Trinajstić information content (AvgIpc) is 2.75. The van der Waals surface area contributed by atoms with Crippen molar-refractivity contribution < 1.29 is 9.53 Å². The Bertz CT molecular complexity index is 1280. The molecule has 1 amide bonds. The third kappa shape index (κ3) is 6.61. The number of anilines is 1. The summed E-state index contributed by atoms with van der Waals surface area (Å²) in [6, 6.07) is 16.3. The third-order valence-corrected chi connectivity index (χ3v) is 6.61. The Kier molecular flexibility index (Phi) is 8.61. The maximum Gasteiger partial charge on any atom is 0.266 e. The van der Waals surface area contributed by atoms with E-state index < -0.39 is 5.91 Å². The monoisotopic (exact) mass is 606 g/mol. The van der Waals surface area contributed by atoms with Gasteiger partial charge in [-0.25, -0.2) is 0 Å². The van der Waals surface area contributed by atoms with Crippen molar-refractivity contribution in [2.24, 2.45) is 0 Å². The molecule has 0 aliphatic heterocycles. The van der Waals surface area contributed by atoms with Crippen LogP contribution in [0.3, 0.4) is 0 Å². The number of halogens is 4. The van der Waals surface area contributed by atoms with Gasteiger partial charge >= 0.3 is 0 Å². The van der Waals surface area contributed by atoms with Crippen LogP contribution >= 0.6 is 55.1 Å². The number of nitriles is 1. The summed E-state index contributed by atoms with van der Waals surface area (Å²) in [5.74, 6) is 0.0851. The summed E-state index contributed by atoms with van der Waals surface area (Å²) >= 11 is 19.1. The lowest BCUT2D eigenvalue weighted by Crippen LogP contribution is -2.13.